The van der Waals surface area contributed by atoms with Gasteiger partial charge in [0.05, 0.1) is 12.4 Å². The average molecular weight is 334 g/mol. The summed E-state index contributed by atoms with van der Waals surface area (Å²) in [5.74, 6) is 0.116. The van der Waals surface area contributed by atoms with Crippen LogP contribution in [0.15, 0.2) is 17.5 Å². The molecule has 0 aliphatic heterocycles. The second-order valence-electron chi connectivity index (χ2n) is 5.28. The first-order valence-electron chi connectivity index (χ1n) is 7.68. The van der Waals surface area contributed by atoms with Crippen LogP contribution in [0.5, 0.6) is 0 Å². The first-order chi connectivity index (χ1) is 10.1. The molecular weight excluding hydrogens is 306 g/mol. The summed E-state index contributed by atoms with van der Waals surface area (Å²) >= 11 is 1.78. The molecule has 0 radical (unpaired) electrons. The van der Waals surface area contributed by atoms with Gasteiger partial charge in [0, 0.05) is 17.9 Å². The minimum atomic E-state index is -3.27. The van der Waals surface area contributed by atoms with Gasteiger partial charge in [-0.05, 0) is 24.3 Å². The van der Waals surface area contributed by atoms with Gasteiger partial charge < -0.3 is 4.74 Å². The molecule has 122 valence electrons. The van der Waals surface area contributed by atoms with E-state index < -0.39 is 10.0 Å². The molecule has 0 saturated heterocycles. The molecule has 1 rings (SSSR count). The second-order valence-corrected chi connectivity index (χ2v) is 8.05. The Balaban J connectivity index is 1.76. The smallest absolute Gasteiger partial charge is 0.209 e. The SMILES string of the molecule is NS(=O)(=O)CCCCCCCCCOCCc1cccs1. The average Bonchev–Trinajstić information content (AvgIpc) is 2.92. The summed E-state index contributed by atoms with van der Waals surface area (Å²) in [6.07, 6.45) is 8.41. The highest BCUT2D eigenvalue weighted by Crippen LogP contribution is 2.10. The molecule has 1 heterocycles. The van der Waals surface area contributed by atoms with E-state index in [1.165, 1.54) is 24.1 Å². The van der Waals surface area contributed by atoms with Crippen molar-refractivity contribution in [1.29, 1.82) is 0 Å². The van der Waals surface area contributed by atoms with Gasteiger partial charge in [-0.25, -0.2) is 13.6 Å². The van der Waals surface area contributed by atoms with E-state index in [4.69, 9.17) is 9.88 Å². The Kier molecular flexibility index (Phi) is 9.91. The van der Waals surface area contributed by atoms with Gasteiger partial charge in [0.25, 0.3) is 0 Å². The quantitative estimate of drug-likeness (QED) is 0.563. The molecule has 21 heavy (non-hydrogen) atoms. The predicted octanol–water partition coefficient (Wildman–Crippen LogP) is 3.33. The van der Waals surface area contributed by atoms with Gasteiger partial charge in [0.15, 0.2) is 0 Å². The van der Waals surface area contributed by atoms with Gasteiger partial charge in [-0.3, -0.25) is 0 Å². The molecule has 1 aromatic heterocycles. The van der Waals surface area contributed by atoms with Crippen molar-refractivity contribution in [3.8, 4) is 0 Å². The molecule has 0 bridgehead atoms. The van der Waals surface area contributed by atoms with Crippen molar-refractivity contribution in [3.63, 3.8) is 0 Å². The van der Waals surface area contributed by atoms with Crippen molar-refractivity contribution in [1.82, 2.24) is 0 Å². The van der Waals surface area contributed by atoms with Crippen molar-refractivity contribution < 1.29 is 13.2 Å². The summed E-state index contributed by atoms with van der Waals surface area (Å²) in [7, 11) is -3.27. The molecule has 4 nitrogen and oxygen atoms in total. The summed E-state index contributed by atoms with van der Waals surface area (Å²) < 4.78 is 27.1. The number of sulfonamides is 1. The molecule has 0 atom stereocenters. The van der Waals surface area contributed by atoms with Gasteiger partial charge in [-0.15, -0.1) is 11.3 Å². The largest absolute Gasteiger partial charge is 0.381 e. The molecule has 0 amide bonds. The Bertz CT molecular complexity index is 443. The van der Waals surface area contributed by atoms with E-state index >= 15 is 0 Å². The highest BCUT2D eigenvalue weighted by atomic mass is 32.2. The zero-order valence-electron chi connectivity index (χ0n) is 12.6. The normalized spacial score (nSPS) is 11.9. The Morgan fingerprint density at radius 3 is 2.29 bits per heavy atom. The summed E-state index contributed by atoms with van der Waals surface area (Å²) in [6.45, 7) is 1.66. The number of thiophene rings is 1. The van der Waals surface area contributed by atoms with E-state index in [0.29, 0.717) is 6.42 Å². The lowest BCUT2D eigenvalue weighted by molar-refractivity contribution is 0.133. The first kappa shape index (κ1) is 18.6. The van der Waals surface area contributed by atoms with E-state index in [2.05, 4.69) is 17.5 Å². The second kappa shape index (κ2) is 11.2. The van der Waals surface area contributed by atoms with Crippen LogP contribution in [0.1, 0.15) is 49.8 Å². The van der Waals surface area contributed by atoms with Crippen LogP contribution in [0.25, 0.3) is 0 Å². The predicted molar refractivity (Wildman–Crippen MR) is 89.1 cm³/mol. The molecular formula is C15H27NO3S2. The van der Waals surface area contributed by atoms with Crippen molar-refractivity contribution >= 4 is 21.4 Å². The lowest BCUT2D eigenvalue weighted by Crippen LogP contribution is -2.16. The summed E-state index contributed by atoms with van der Waals surface area (Å²) in [4.78, 5) is 1.38. The Hall–Kier alpha value is -0.430. The number of rotatable bonds is 13. The lowest BCUT2D eigenvalue weighted by atomic mass is 10.1. The maximum atomic E-state index is 10.7. The Labute approximate surface area is 132 Å². The number of unbranched alkanes of at least 4 members (excludes halogenated alkanes) is 6. The molecule has 0 spiro atoms. The number of primary sulfonamides is 1. The zero-order valence-corrected chi connectivity index (χ0v) is 14.3. The topological polar surface area (TPSA) is 69.4 Å². The van der Waals surface area contributed by atoms with Gasteiger partial charge in [-0.1, -0.05) is 38.2 Å². The Morgan fingerprint density at radius 1 is 1.00 bits per heavy atom. The maximum Gasteiger partial charge on any atom is 0.209 e. The highest BCUT2D eigenvalue weighted by Gasteiger charge is 2.01. The van der Waals surface area contributed by atoms with Crippen LogP contribution < -0.4 is 5.14 Å². The van der Waals surface area contributed by atoms with Gasteiger partial charge >= 0.3 is 0 Å². The van der Waals surface area contributed by atoms with Crippen molar-refractivity contribution in [2.24, 2.45) is 5.14 Å². The Morgan fingerprint density at radius 2 is 1.67 bits per heavy atom. The fourth-order valence-electron chi connectivity index (χ4n) is 2.12. The fraction of sp³-hybridized carbons (Fsp3) is 0.733. The highest BCUT2D eigenvalue weighted by molar-refractivity contribution is 7.89. The third-order valence-corrected chi connectivity index (χ3v) is 5.08. The van der Waals surface area contributed by atoms with Gasteiger partial charge in [0.2, 0.25) is 10.0 Å². The summed E-state index contributed by atoms with van der Waals surface area (Å²) in [6, 6.07) is 4.22. The van der Waals surface area contributed by atoms with E-state index in [-0.39, 0.29) is 5.75 Å². The van der Waals surface area contributed by atoms with Crippen molar-refractivity contribution in [2.45, 2.75) is 51.4 Å². The van der Waals surface area contributed by atoms with Crippen LogP contribution >= 0.6 is 11.3 Å². The van der Waals surface area contributed by atoms with Crippen LogP contribution in [-0.2, 0) is 21.2 Å². The minimum Gasteiger partial charge on any atom is -0.381 e. The number of nitrogens with two attached hydrogens (primary N) is 1. The van der Waals surface area contributed by atoms with Crippen molar-refractivity contribution in [3.05, 3.63) is 22.4 Å². The lowest BCUT2D eigenvalue weighted by Gasteiger charge is -2.04. The summed E-state index contributed by atoms with van der Waals surface area (Å²) in [5, 5.41) is 7.04. The van der Waals surface area contributed by atoms with Crippen LogP contribution in [-0.4, -0.2) is 27.4 Å². The van der Waals surface area contributed by atoms with E-state index in [1.54, 1.807) is 11.3 Å². The maximum absolute atomic E-state index is 10.7. The van der Waals surface area contributed by atoms with Crippen LogP contribution in [0, 0.1) is 0 Å². The number of hydrogen-bond acceptors (Lipinski definition) is 4. The monoisotopic (exact) mass is 333 g/mol. The summed E-state index contributed by atoms with van der Waals surface area (Å²) in [5.41, 5.74) is 0. The van der Waals surface area contributed by atoms with Crippen LogP contribution in [0.3, 0.4) is 0 Å². The van der Waals surface area contributed by atoms with E-state index in [1.807, 2.05) is 0 Å². The van der Waals surface area contributed by atoms with Gasteiger partial charge in [0.1, 0.15) is 0 Å². The first-order valence-corrected chi connectivity index (χ1v) is 10.3. The van der Waals surface area contributed by atoms with E-state index in [0.717, 1.165) is 38.9 Å². The fourth-order valence-corrected chi connectivity index (χ4v) is 3.42. The van der Waals surface area contributed by atoms with E-state index in [9.17, 15) is 8.42 Å². The molecule has 0 aliphatic rings. The third kappa shape index (κ3) is 11.9. The molecule has 0 aromatic carbocycles. The molecule has 0 saturated carbocycles. The van der Waals surface area contributed by atoms with Crippen LogP contribution in [0.2, 0.25) is 0 Å². The zero-order chi connectivity index (χ0) is 15.4. The standard InChI is InChI=1S/C15H27NO3S2/c16-21(17,18)14-7-5-3-1-2-4-6-11-19-12-10-15-9-8-13-20-15/h8-9,13H,1-7,10-12,14H2,(H2,16,17,18). The molecule has 2 N–H and O–H groups in total. The molecule has 0 unspecified atom stereocenters. The molecule has 0 aliphatic carbocycles. The minimum absolute atomic E-state index is 0.116. The molecule has 1 aromatic rings. The molecule has 6 heteroatoms. The van der Waals surface area contributed by atoms with Gasteiger partial charge in [-0.2, -0.15) is 0 Å². The third-order valence-electron chi connectivity index (χ3n) is 3.29. The molecule has 0 fully saturated rings. The van der Waals surface area contributed by atoms with Crippen molar-refractivity contribution in [2.75, 3.05) is 19.0 Å². The number of hydrogen-bond donors (Lipinski definition) is 1. The number of ether oxygens (including phenoxy) is 1. The van der Waals surface area contributed by atoms with Crippen LogP contribution in [0.4, 0.5) is 0 Å².